The van der Waals surface area contributed by atoms with Crippen LogP contribution in [-0.2, 0) is 47.6 Å². The van der Waals surface area contributed by atoms with Gasteiger partial charge in [-0.3, -0.25) is 19.2 Å². The number of ether oxygens (including phenoxy) is 6. The van der Waals surface area contributed by atoms with E-state index in [0.717, 1.165) is 77.4 Å². The van der Waals surface area contributed by atoms with Crippen LogP contribution in [-0.4, -0.2) is 79.1 Å². The molecule has 0 spiro atoms. The maximum atomic E-state index is 13.3. The maximum absolute atomic E-state index is 13.3. The fraction of sp³-hybridized carbons (Fsp3) is 0.913. The summed E-state index contributed by atoms with van der Waals surface area (Å²) >= 11 is 6.65. The van der Waals surface area contributed by atoms with E-state index < -0.39 is 6.10 Å². The van der Waals surface area contributed by atoms with Crippen LogP contribution in [0.3, 0.4) is 0 Å². The Kier molecular flexibility index (Phi) is 20.2. The van der Waals surface area contributed by atoms with Gasteiger partial charge in [-0.1, -0.05) is 52.4 Å². The molecule has 10 nitrogen and oxygen atoms in total. The van der Waals surface area contributed by atoms with Crippen molar-refractivity contribution in [2.75, 3.05) is 13.2 Å². The molecule has 5 saturated carbocycles. The number of alkyl halides is 1. The maximum Gasteiger partial charge on any atom is 0.309 e. The highest BCUT2D eigenvalue weighted by atomic mass is 35.5. The normalized spacial score (nSPS) is 33.5. The lowest BCUT2D eigenvalue weighted by molar-refractivity contribution is -0.166. The van der Waals surface area contributed by atoms with Gasteiger partial charge in [0, 0.05) is 19.6 Å². The van der Waals surface area contributed by atoms with Crippen LogP contribution >= 0.6 is 11.6 Å². The standard InChI is InChI=1S/C46H75ClO10/c1-3-5-7-9-29-52-36-19-11-32(12-20-36)43(48)54-38-23-15-34(16-24-38)45(50)56-40-27-28-41(47)42(31-40)57-46(51)35-17-25-39(26-18-35)55-44(49)33-13-21-37(22-14-33)53-30-10-8-6-4-2/h32-42H,3-31H2,1-2H3. The molecule has 0 bridgehead atoms. The van der Waals surface area contributed by atoms with Gasteiger partial charge in [-0.2, -0.15) is 0 Å². The molecule has 11 heteroatoms. The number of hydrogen-bond acceptors (Lipinski definition) is 10. The smallest absolute Gasteiger partial charge is 0.309 e. The van der Waals surface area contributed by atoms with E-state index >= 15 is 0 Å². The van der Waals surface area contributed by atoms with Crippen molar-refractivity contribution in [1.29, 1.82) is 0 Å². The van der Waals surface area contributed by atoms with Gasteiger partial charge in [0.05, 0.1) is 41.3 Å². The molecule has 0 radical (unpaired) electrons. The largest absolute Gasteiger partial charge is 0.462 e. The Morgan fingerprint density at radius 3 is 1.12 bits per heavy atom. The van der Waals surface area contributed by atoms with Gasteiger partial charge in [-0.25, -0.2) is 0 Å². The van der Waals surface area contributed by atoms with Gasteiger partial charge in [0.25, 0.3) is 0 Å². The summed E-state index contributed by atoms with van der Waals surface area (Å²) in [5.74, 6) is -1.28. The molecule has 0 saturated heterocycles. The van der Waals surface area contributed by atoms with E-state index in [0.29, 0.717) is 70.6 Å². The minimum Gasteiger partial charge on any atom is -0.462 e. The van der Waals surface area contributed by atoms with Crippen LogP contribution in [0.1, 0.15) is 187 Å². The summed E-state index contributed by atoms with van der Waals surface area (Å²) in [6.45, 7) is 6.04. The van der Waals surface area contributed by atoms with Crippen LogP contribution in [0.25, 0.3) is 0 Å². The molecule has 326 valence electrons. The molecule has 0 heterocycles. The first-order chi connectivity index (χ1) is 27.7. The first-order valence-corrected chi connectivity index (χ1v) is 23.8. The first kappa shape index (κ1) is 46.2. The lowest BCUT2D eigenvalue weighted by Crippen LogP contribution is -2.41. The zero-order valence-corrected chi connectivity index (χ0v) is 36.1. The van der Waals surface area contributed by atoms with Gasteiger partial charge in [-0.15, -0.1) is 11.6 Å². The number of unbranched alkanes of at least 4 members (excludes halogenated alkanes) is 6. The molecule has 0 aromatic rings. The van der Waals surface area contributed by atoms with Gasteiger partial charge in [0.2, 0.25) is 0 Å². The van der Waals surface area contributed by atoms with E-state index in [2.05, 4.69) is 13.8 Å². The molecule has 0 amide bonds. The summed E-state index contributed by atoms with van der Waals surface area (Å²) in [6.07, 6.45) is 22.6. The van der Waals surface area contributed by atoms with Crippen molar-refractivity contribution >= 4 is 35.5 Å². The average molecular weight is 824 g/mol. The average Bonchev–Trinajstić information content (AvgIpc) is 3.22. The summed E-state index contributed by atoms with van der Waals surface area (Å²) in [7, 11) is 0. The lowest BCUT2D eigenvalue weighted by atomic mass is 9.85. The third kappa shape index (κ3) is 15.6. The predicted octanol–water partition coefficient (Wildman–Crippen LogP) is 10.1. The molecule has 5 aliphatic carbocycles. The molecule has 3 unspecified atom stereocenters. The van der Waals surface area contributed by atoms with Crippen LogP contribution < -0.4 is 0 Å². The van der Waals surface area contributed by atoms with E-state index in [9.17, 15) is 19.2 Å². The minimum absolute atomic E-state index is 0.0583. The van der Waals surface area contributed by atoms with Gasteiger partial charge >= 0.3 is 23.9 Å². The van der Waals surface area contributed by atoms with Crippen LogP contribution in [0.2, 0.25) is 0 Å². The molecule has 5 aliphatic rings. The lowest BCUT2D eigenvalue weighted by Gasteiger charge is -2.35. The van der Waals surface area contributed by atoms with Gasteiger partial charge < -0.3 is 28.4 Å². The number of carbonyl (C=O) groups is 4. The Morgan fingerprint density at radius 1 is 0.404 bits per heavy atom. The summed E-state index contributed by atoms with van der Waals surface area (Å²) in [5, 5.41) is -0.328. The molecule has 3 atom stereocenters. The summed E-state index contributed by atoms with van der Waals surface area (Å²) < 4.78 is 35.9. The number of carbonyl (C=O) groups excluding carboxylic acids is 4. The second kappa shape index (κ2) is 25.0. The Bertz CT molecular complexity index is 1200. The zero-order chi connectivity index (χ0) is 40.4. The number of esters is 4. The van der Waals surface area contributed by atoms with Crippen molar-refractivity contribution in [3.8, 4) is 0 Å². The van der Waals surface area contributed by atoms with E-state index in [-0.39, 0.29) is 83.4 Å². The Hall–Kier alpha value is -1.91. The number of hydrogen-bond donors (Lipinski definition) is 0. The van der Waals surface area contributed by atoms with Crippen molar-refractivity contribution in [2.24, 2.45) is 23.7 Å². The minimum atomic E-state index is -0.515. The SMILES string of the molecule is CCCCCCOC1CCC(C(=O)OC2CCC(C(=O)OC3CCC(Cl)C(OC(=O)C4CCC(OC(=O)C5CCC(OCCCCCC)CC5)CC4)C3)CC2)CC1. The van der Waals surface area contributed by atoms with Gasteiger partial charge in [0.15, 0.2) is 0 Å². The Labute approximate surface area is 348 Å². The quantitative estimate of drug-likeness (QED) is 0.0507. The number of rotatable bonds is 20. The highest BCUT2D eigenvalue weighted by molar-refractivity contribution is 6.21. The van der Waals surface area contributed by atoms with Crippen molar-refractivity contribution in [3.63, 3.8) is 0 Å². The van der Waals surface area contributed by atoms with Crippen molar-refractivity contribution in [2.45, 2.75) is 229 Å². The topological polar surface area (TPSA) is 124 Å². The highest BCUT2D eigenvalue weighted by Gasteiger charge is 2.39. The second-order valence-corrected chi connectivity index (χ2v) is 18.6. The van der Waals surface area contributed by atoms with E-state index in [1.54, 1.807) is 0 Å². The molecule has 0 aromatic heterocycles. The van der Waals surface area contributed by atoms with Crippen LogP contribution in [0.4, 0.5) is 0 Å². The second-order valence-electron chi connectivity index (χ2n) is 18.0. The van der Waals surface area contributed by atoms with Crippen molar-refractivity contribution in [1.82, 2.24) is 0 Å². The fourth-order valence-corrected chi connectivity index (χ4v) is 9.91. The highest BCUT2D eigenvalue weighted by Crippen LogP contribution is 2.36. The van der Waals surface area contributed by atoms with E-state index in [1.165, 1.54) is 38.5 Å². The molecule has 5 rings (SSSR count). The Morgan fingerprint density at radius 2 is 0.737 bits per heavy atom. The molecular weight excluding hydrogens is 748 g/mol. The molecule has 0 aliphatic heterocycles. The first-order valence-electron chi connectivity index (χ1n) is 23.4. The summed E-state index contributed by atoms with van der Waals surface area (Å²) in [5.41, 5.74) is 0. The van der Waals surface area contributed by atoms with E-state index in [1.807, 2.05) is 0 Å². The predicted molar refractivity (Wildman–Crippen MR) is 219 cm³/mol. The monoisotopic (exact) mass is 823 g/mol. The van der Waals surface area contributed by atoms with Crippen LogP contribution in [0, 0.1) is 23.7 Å². The zero-order valence-electron chi connectivity index (χ0n) is 35.3. The third-order valence-electron chi connectivity index (χ3n) is 13.5. The van der Waals surface area contributed by atoms with Crippen molar-refractivity contribution in [3.05, 3.63) is 0 Å². The molecule has 0 aromatic carbocycles. The molecule has 57 heavy (non-hydrogen) atoms. The third-order valence-corrected chi connectivity index (χ3v) is 14.0. The van der Waals surface area contributed by atoms with E-state index in [4.69, 9.17) is 40.0 Å². The Balaban J connectivity index is 0.925. The fourth-order valence-electron chi connectivity index (χ4n) is 9.63. The molecule has 5 fully saturated rings. The van der Waals surface area contributed by atoms with Crippen LogP contribution in [0.15, 0.2) is 0 Å². The van der Waals surface area contributed by atoms with Gasteiger partial charge in [-0.05, 0) is 128 Å². The van der Waals surface area contributed by atoms with Crippen molar-refractivity contribution < 1.29 is 47.6 Å². The van der Waals surface area contributed by atoms with Gasteiger partial charge in [0.1, 0.15) is 24.4 Å². The number of halogens is 1. The molecular formula is C46H75ClO10. The van der Waals surface area contributed by atoms with Crippen LogP contribution in [0.5, 0.6) is 0 Å². The summed E-state index contributed by atoms with van der Waals surface area (Å²) in [4.78, 5) is 52.4. The summed E-state index contributed by atoms with van der Waals surface area (Å²) in [6, 6.07) is 0. The molecule has 0 N–H and O–H groups in total.